The Bertz CT molecular complexity index is 3660. The molecule has 0 saturated heterocycles. The second-order valence-electron chi connectivity index (χ2n) is 29.4. The van der Waals surface area contributed by atoms with Crippen molar-refractivity contribution in [3.8, 4) is 0 Å². The van der Waals surface area contributed by atoms with Crippen LogP contribution >= 0.6 is 0 Å². The van der Waals surface area contributed by atoms with Crippen molar-refractivity contribution in [1.82, 2.24) is 61.3 Å². The molecular weight excluding hydrogens is 1550 g/mol. The smallest absolute Gasteiger partial charge is 0.306 e. The van der Waals surface area contributed by atoms with Gasteiger partial charge in [-0.3, -0.25) is 67.1 Å². The minimum atomic E-state index is -0.422. The summed E-state index contributed by atoms with van der Waals surface area (Å²) in [5.74, 6) is -6.25. The number of nitrogens with zero attached hydrogens (tertiary/aromatic N) is 6. The molecule has 4 aromatic carbocycles. The fraction of sp³-hybridized carbons (Fsp3) is 0.558. The Hall–Kier alpha value is -10.8. The molecule has 6 N–H and O–H groups in total. The second kappa shape index (κ2) is 51.6. The molecule has 34 heteroatoms. The highest BCUT2D eigenvalue weighted by Crippen LogP contribution is 2.64. The van der Waals surface area contributed by atoms with E-state index in [1.165, 1.54) is 68.0 Å². The summed E-state index contributed by atoms with van der Waals surface area (Å²) in [5.41, 5.74) is 9.51. The molecule has 4 aromatic rings. The average molecular weight is 1670 g/mol. The fourth-order valence-electron chi connectivity index (χ4n) is 15.3. The van der Waals surface area contributed by atoms with Gasteiger partial charge >= 0.3 is 47.8 Å². The number of hydrogen-bond donors (Lipinski definition) is 6. The summed E-state index contributed by atoms with van der Waals surface area (Å²) >= 11 is 0. The van der Waals surface area contributed by atoms with Gasteiger partial charge in [0.2, 0.25) is 23.6 Å². The van der Waals surface area contributed by atoms with Crippen molar-refractivity contribution in [2.45, 2.75) is 101 Å². The number of ether oxygens (including phenoxy) is 8. The quantitative estimate of drug-likeness (QED) is 0.0273. The lowest BCUT2D eigenvalue weighted by atomic mass is 9.53. The standard InChI is InChI=1S/C86H120N12O22/c1-113-73(103)25-43-95(44-26-74(104)114-2)51-33-87-69(99)21-39-93(40-22-70(100)88-34-52-96(45-27-75(105)115-3)46-28-76(106)116-4)55-37-91-85(111)59-17-19-65-67(57-59)83-63-15-11-9-13-61(63)81(65)82-62-14-10-12-16-64(62)84(83)68-58-60(18-20-66(68)82)86(112)92-38-56-94(41-23-71(101)89-35-53-97(47-29-77(107)117-5)48-30-78(108)118-6)42-24-72(102)90-36-54-98(49-31-79(109)119-7)50-32-80(110)120-8/h9-20,57-58,81-84H,21-56H2,1-8H3,(H,87,99)(H,88,100)(H,89,101)(H,90,102)(H,91,111)(H,92,112)/t81-,82+,83+,84-. The first-order valence-corrected chi connectivity index (χ1v) is 40.9. The number of esters is 8. The fourth-order valence-corrected chi connectivity index (χ4v) is 15.3. The first-order chi connectivity index (χ1) is 57.9. The predicted molar refractivity (Wildman–Crippen MR) is 440 cm³/mol. The van der Waals surface area contributed by atoms with E-state index >= 15 is 0 Å². The summed E-state index contributed by atoms with van der Waals surface area (Å²) in [6, 6.07) is 28.6. The molecule has 10 rings (SSSR count). The van der Waals surface area contributed by atoms with Crippen LogP contribution in [-0.4, -0.2) is 327 Å². The van der Waals surface area contributed by atoms with Crippen molar-refractivity contribution in [3.63, 3.8) is 0 Å². The van der Waals surface area contributed by atoms with Gasteiger partial charge in [0, 0.05) is 218 Å². The number of carbonyl (C=O) groups excluding carboxylic acids is 14. The average Bonchev–Trinajstić information content (AvgIpc) is 0.686. The summed E-state index contributed by atoms with van der Waals surface area (Å²) in [4.78, 5) is 191. The van der Waals surface area contributed by atoms with Crippen molar-refractivity contribution in [2.24, 2.45) is 0 Å². The summed E-state index contributed by atoms with van der Waals surface area (Å²) in [6.45, 7) is 6.01. The van der Waals surface area contributed by atoms with E-state index in [0.717, 1.165) is 33.4 Å². The van der Waals surface area contributed by atoms with Crippen molar-refractivity contribution in [3.05, 3.63) is 141 Å². The van der Waals surface area contributed by atoms with Gasteiger partial charge in [-0.1, -0.05) is 60.7 Å². The molecule has 0 unspecified atom stereocenters. The van der Waals surface area contributed by atoms with E-state index in [1.807, 2.05) is 65.8 Å². The highest BCUT2D eigenvalue weighted by molar-refractivity contribution is 5.96. The SMILES string of the molecule is COC(=O)CCN(CCNC(=O)CCN(CCNC(=O)c1ccc2c(c1)[C@H]1c3ccccc3[C@@H]2[C@@H]2c3ccccc3[C@H]1c1cc(C(=O)NCCN(CCC(=O)NCCN(CCC(=O)OC)CCC(=O)OC)CCC(=O)NCCN(CCC(=O)OC)CCC(=O)OC)ccc12)CCC(=O)NCCN(CCC(=O)OC)CCC(=O)OC)CCC(=O)OC. The number of hydrogen-bond acceptors (Lipinski definition) is 28. The molecule has 6 aliphatic carbocycles. The zero-order chi connectivity index (χ0) is 86.9. The van der Waals surface area contributed by atoms with Gasteiger partial charge in [-0.05, 0) is 68.8 Å². The molecular formula is C86H120N12O22. The maximum atomic E-state index is 14.7. The van der Waals surface area contributed by atoms with Gasteiger partial charge in [-0.2, -0.15) is 0 Å². The molecule has 656 valence electrons. The van der Waals surface area contributed by atoms with E-state index < -0.39 is 47.8 Å². The summed E-state index contributed by atoms with van der Waals surface area (Å²) in [6.07, 6.45) is 0.727. The third-order valence-corrected chi connectivity index (χ3v) is 22.0. The monoisotopic (exact) mass is 1670 g/mol. The van der Waals surface area contributed by atoms with E-state index in [4.69, 9.17) is 37.9 Å². The van der Waals surface area contributed by atoms with Crippen LogP contribution in [0.5, 0.6) is 0 Å². The van der Waals surface area contributed by atoms with Crippen LogP contribution in [0.1, 0.15) is 166 Å². The third kappa shape index (κ3) is 31.1. The Morgan fingerprint density at radius 3 is 0.600 bits per heavy atom. The van der Waals surface area contributed by atoms with Crippen molar-refractivity contribution in [2.75, 3.05) is 214 Å². The molecule has 4 bridgehead atoms. The highest BCUT2D eigenvalue weighted by atomic mass is 16.5. The lowest BCUT2D eigenvalue weighted by Crippen LogP contribution is -2.41. The molecule has 34 nitrogen and oxygen atoms in total. The molecule has 0 fully saturated rings. The third-order valence-electron chi connectivity index (χ3n) is 22.0. The maximum Gasteiger partial charge on any atom is 0.306 e. The van der Waals surface area contributed by atoms with Crippen molar-refractivity contribution >= 4 is 83.2 Å². The van der Waals surface area contributed by atoms with Crippen LogP contribution in [0.2, 0.25) is 0 Å². The molecule has 4 atom stereocenters. The Labute approximate surface area is 701 Å². The molecule has 6 amide bonds. The Morgan fingerprint density at radius 2 is 0.400 bits per heavy atom. The number of benzene rings is 4. The molecule has 0 aliphatic heterocycles. The topological polar surface area (TPSA) is 404 Å². The zero-order valence-electron chi connectivity index (χ0n) is 70.5. The first-order valence-electron chi connectivity index (χ1n) is 40.9. The molecule has 120 heavy (non-hydrogen) atoms. The van der Waals surface area contributed by atoms with Gasteiger partial charge < -0.3 is 99.2 Å². The number of carbonyl (C=O) groups is 14. The number of rotatable bonds is 56. The van der Waals surface area contributed by atoms with Gasteiger partial charge in [0.05, 0.1) is 108 Å². The van der Waals surface area contributed by atoms with Gasteiger partial charge in [0.1, 0.15) is 0 Å². The number of amides is 6. The van der Waals surface area contributed by atoms with Crippen LogP contribution in [0.4, 0.5) is 0 Å². The van der Waals surface area contributed by atoms with Gasteiger partial charge in [0.25, 0.3) is 11.8 Å². The lowest BCUT2D eigenvalue weighted by Gasteiger charge is -2.50. The zero-order valence-corrected chi connectivity index (χ0v) is 70.5. The van der Waals surface area contributed by atoms with Gasteiger partial charge in [0.15, 0.2) is 0 Å². The van der Waals surface area contributed by atoms with Crippen molar-refractivity contribution < 1.29 is 105 Å². The Kier molecular flexibility index (Phi) is 41.5. The summed E-state index contributed by atoms with van der Waals surface area (Å²) < 4.78 is 38.5. The number of methoxy groups -OCH3 is 8. The van der Waals surface area contributed by atoms with E-state index in [0.29, 0.717) is 37.3 Å². The van der Waals surface area contributed by atoms with Crippen LogP contribution in [0, 0.1) is 0 Å². The summed E-state index contributed by atoms with van der Waals surface area (Å²) in [5, 5.41) is 18.0. The second-order valence-corrected chi connectivity index (χ2v) is 29.4. The lowest BCUT2D eigenvalue weighted by molar-refractivity contribution is -0.142. The van der Waals surface area contributed by atoms with Crippen LogP contribution in [0.25, 0.3) is 0 Å². The van der Waals surface area contributed by atoms with Crippen LogP contribution in [-0.2, 0) is 95.4 Å². The van der Waals surface area contributed by atoms with Gasteiger partial charge in [-0.15, -0.1) is 0 Å². The largest absolute Gasteiger partial charge is 0.469 e. The maximum absolute atomic E-state index is 14.7. The van der Waals surface area contributed by atoms with E-state index in [9.17, 15) is 67.1 Å². The highest BCUT2D eigenvalue weighted by Gasteiger charge is 2.50. The van der Waals surface area contributed by atoms with E-state index in [2.05, 4.69) is 80.4 Å². The van der Waals surface area contributed by atoms with E-state index in [1.54, 1.807) is 0 Å². The molecule has 0 aromatic heterocycles. The molecule has 0 radical (unpaired) electrons. The summed E-state index contributed by atoms with van der Waals surface area (Å²) in [7, 11) is 10.3. The molecule has 6 aliphatic rings. The normalized spacial score (nSPS) is 14.4. The Balaban J connectivity index is 1.07. The van der Waals surface area contributed by atoms with Crippen molar-refractivity contribution in [1.29, 1.82) is 0 Å². The minimum absolute atomic E-state index is 0.0282. The van der Waals surface area contributed by atoms with Gasteiger partial charge in [-0.25, -0.2) is 0 Å². The molecule has 0 heterocycles. The predicted octanol–water partition coefficient (Wildman–Crippen LogP) is 2.36. The van der Waals surface area contributed by atoms with Crippen LogP contribution < -0.4 is 31.9 Å². The first kappa shape index (κ1) is 96.4. The molecule has 0 spiro atoms. The van der Waals surface area contributed by atoms with Crippen LogP contribution in [0.3, 0.4) is 0 Å². The minimum Gasteiger partial charge on any atom is -0.469 e. The van der Waals surface area contributed by atoms with E-state index in [-0.39, 0.29) is 267 Å². The van der Waals surface area contributed by atoms with Crippen LogP contribution in [0.15, 0.2) is 84.9 Å². The molecule has 0 saturated carbocycles. The Morgan fingerprint density at radius 1 is 0.225 bits per heavy atom. The number of nitrogens with one attached hydrogen (secondary N) is 6.